The molecule has 6 heteroatoms. The summed E-state index contributed by atoms with van der Waals surface area (Å²) >= 11 is 6.05. The quantitative estimate of drug-likeness (QED) is 0.550. The zero-order valence-corrected chi connectivity index (χ0v) is 13.5. The molecular formula is C17H17ClN2O3. The topological polar surface area (TPSA) is 77.6 Å². The summed E-state index contributed by atoms with van der Waals surface area (Å²) in [6, 6.07) is 11.8. The van der Waals surface area contributed by atoms with Gasteiger partial charge in [-0.15, -0.1) is 0 Å². The van der Waals surface area contributed by atoms with Gasteiger partial charge in [0.2, 0.25) is 0 Å². The third-order valence-corrected chi connectivity index (χ3v) is 3.42. The van der Waals surface area contributed by atoms with E-state index in [1.165, 1.54) is 0 Å². The van der Waals surface area contributed by atoms with Gasteiger partial charge in [0, 0.05) is 23.3 Å². The van der Waals surface area contributed by atoms with Gasteiger partial charge in [0.1, 0.15) is 5.75 Å². The molecule has 1 aromatic heterocycles. The van der Waals surface area contributed by atoms with E-state index in [0.29, 0.717) is 22.2 Å². The van der Waals surface area contributed by atoms with Gasteiger partial charge in [-0.2, -0.15) is 0 Å². The van der Waals surface area contributed by atoms with E-state index in [4.69, 9.17) is 31.9 Å². The van der Waals surface area contributed by atoms with Crippen LogP contribution in [0.4, 0.5) is 5.69 Å². The van der Waals surface area contributed by atoms with Gasteiger partial charge in [0.25, 0.3) is 0 Å². The summed E-state index contributed by atoms with van der Waals surface area (Å²) in [5, 5.41) is 10.2. The fraction of sp³-hybridized carbons (Fsp3) is 0.118. The summed E-state index contributed by atoms with van der Waals surface area (Å²) in [5.41, 5.74) is 6.78. The number of hydrogen-bond acceptors (Lipinski definition) is 5. The normalized spacial score (nSPS) is 9.87. The monoisotopic (exact) mass is 332 g/mol. The van der Waals surface area contributed by atoms with Crippen molar-refractivity contribution in [3.8, 4) is 17.2 Å². The summed E-state index contributed by atoms with van der Waals surface area (Å²) < 4.78 is 10.4. The Labute approximate surface area is 139 Å². The van der Waals surface area contributed by atoms with Crippen molar-refractivity contribution in [1.82, 2.24) is 4.98 Å². The van der Waals surface area contributed by atoms with Gasteiger partial charge >= 0.3 is 0 Å². The Morgan fingerprint density at radius 2 is 1.61 bits per heavy atom. The summed E-state index contributed by atoms with van der Waals surface area (Å²) in [6.07, 6.45) is 1.66. The van der Waals surface area contributed by atoms with Gasteiger partial charge in [-0.25, -0.2) is 0 Å². The molecule has 1 heterocycles. The first-order valence-electron chi connectivity index (χ1n) is 6.76. The summed E-state index contributed by atoms with van der Waals surface area (Å²) in [4.78, 5) is 4.21. The van der Waals surface area contributed by atoms with Crippen LogP contribution in [0.1, 0.15) is 0 Å². The number of aromatic hydroxyl groups is 1. The Bertz CT molecular complexity index is 771. The molecule has 0 saturated carbocycles. The summed E-state index contributed by atoms with van der Waals surface area (Å²) in [7, 11) is 3.18. The second-order valence-electron chi connectivity index (χ2n) is 4.61. The minimum atomic E-state index is 0.249. The maximum atomic E-state index is 8.70. The van der Waals surface area contributed by atoms with Gasteiger partial charge in [-0.05, 0) is 36.4 Å². The number of aromatic nitrogens is 1. The van der Waals surface area contributed by atoms with E-state index in [9.17, 15) is 0 Å². The molecule has 23 heavy (non-hydrogen) atoms. The molecule has 0 atom stereocenters. The Morgan fingerprint density at radius 1 is 1.00 bits per heavy atom. The van der Waals surface area contributed by atoms with E-state index in [-0.39, 0.29) is 5.75 Å². The van der Waals surface area contributed by atoms with Crippen molar-refractivity contribution in [2.75, 3.05) is 20.0 Å². The van der Waals surface area contributed by atoms with Crippen LogP contribution < -0.4 is 15.2 Å². The number of halogens is 1. The number of phenols is 1. The maximum Gasteiger partial charge on any atom is 0.162 e. The highest BCUT2D eigenvalue weighted by Crippen LogP contribution is 2.33. The highest BCUT2D eigenvalue weighted by Gasteiger charge is 2.08. The van der Waals surface area contributed by atoms with Crippen LogP contribution in [0.5, 0.6) is 17.2 Å². The highest BCUT2D eigenvalue weighted by atomic mass is 35.5. The molecule has 0 bridgehead atoms. The number of anilines is 1. The molecule has 0 spiro atoms. The van der Waals surface area contributed by atoms with Gasteiger partial charge in [0.15, 0.2) is 11.5 Å². The van der Waals surface area contributed by atoms with E-state index < -0.39 is 0 Å². The number of ether oxygens (including phenoxy) is 2. The van der Waals surface area contributed by atoms with Crippen molar-refractivity contribution in [2.45, 2.75) is 0 Å². The third-order valence-electron chi connectivity index (χ3n) is 3.09. The molecule has 0 saturated heterocycles. The van der Waals surface area contributed by atoms with E-state index >= 15 is 0 Å². The highest BCUT2D eigenvalue weighted by molar-refractivity contribution is 6.35. The molecule has 3 aromatic rings. The van der Waals surface area contributed by atoms with Gasteiger partial charge in [-0.3, -0.25) is 4.98 Å². The average molecular weight is 333 g/mol. The predicted molar refractivity (Wildman–Crippen MR) is 92.4 cm³/mol. The number of fused-ring (bicyclic) bond motifs is 1. The fourth-order valence-corrected chi connectivity index (χ4v) is 2.12. The van der Waals surface area contributed by atoms with Crippen molar-refractivity contribution < 1.29 is 14.6 Å². The molecule has 0 radical (unpaired) electrons. The molecule has 3 rings (SSSR count). The largest absolute Gasteiger partial charge is 0.508 e. The zero-order valence-electron chi connectivity index (χ0n) is 12.8. The van der Waals surface area contributed by atoms with Crippen LogP contribution >= 0.6 is 11.6 Å². The van der Waals surface area contributed by atoms with Crippen LogP contribution in [-0.4, -0.2) is 24.3 Å². The number of nitrogen functional groups attached to an aromatic ring is 1. The minimum absolute atomic E-state index is 0.249. The Kier molecular flexibility index (Phi) is 5.49. The molecule has 0 aliphatic heterocycles. The minimum Gasteiger partial charge on any atom is -0.508 e. The zero-order chi connectivity index (χ0) is 16.8. The van der Waals surface area contributed by atoms with Gasteiger partial charge in [-0.1, -0.05) is 11.6 Å². The first-order valence-corrected chi connectivity index (χ1v) is 7.13. The smallest absolute Gasteiger partial charge is 0.162 e. The molecule has 5 nitrogen and oxygen atoms in total. The number of benzene rings is 2. The van der Waals surface area contributed by atoms with Crippen LogP contribution in [-0.2, 0) is 0 Å². The van der Waals surface area contributed by atoms with Crippen LogP contribution in [0.25, 0.3) is 10.9 Å². The lowest BCUT2D eigenvalue weighted by atomic mass is 10.2. The second-order valence-corrected chi connectivity index (χ2v) is 5.02. The number of nitrogens with two attached hydrogens (primary N) is 1. The third kappa shape index (κ3) is 4.17. The number of pyridine rings is 1. The van der Waals surface area contributed by atoms with Crippen molar-refractivity contribution in [3.05, 3.63) is 53.7 Å². The summed E-state index contributed by atoms with van der Waals surface area (Å²) in [6.45, 7) is 0. The second kappa shape index (κ2) is 7.56. The average Bonchev–Trinajstić information content (AvgIpc) is 2.57. The van der Waals surface area contributed by atoms with E-state index in [1.54, 1.807) is 56.8 Å². The van der Waals surface area contributed by atoms with Gasteiger partial charge < -0.3 is 20.3 Å². The molecule has 120 valence electrons. The number of rotatable bonds is 2. The van der Waals surface area contributed by atoms with E-state index in [0.717, 1.165) is 10.9 Å². The van der Waals surface area contributed by atoms with Crippen LogP contribution in [0.3, 0.4) is 0 Å². The summed E-state index contributed by atoms with van der Waals surface area (Å²) in [5.74, 6) is 1.55. The molecule has 0 aliphatic carbocycles. The van der Waals surface area contributed by atoms with Crippen molar-refractivity contribution in [3.63, 3.8) is 0 Å². The Hall–Kier alpha value is -2.66. The van der Waals surface area contributed by atoms with Crippen molar-refractivity contribution >= 4 is 28.2 Å². The van der Waals surface area contributed by atoms with Crippen LogP contribution in [0.15, 0.2) is 48.7 Å². The molecule has 0 aliphatic rings. The molecule has 0 unspecified atom stereocenters. The molecule has 0 amide bonds. The number of phenolic OH excluding ortho intramolecular Hbond substituents is 1. The van der Waals surface area contributed by atoms with Crippen molar-refractivity contribution in [2.24, 2.45) is 0 Å². The number of hydrogen-bond donors (Lipinski definition) is 2. The predicted octanol–water partition coefficient (Wildman–Crippen LogP) is 3.88. The number of methoxy groups -OCH3 is 2. The van der Waals surface area contributed by atoms with Crippen LogP contribution in [0, 0.1) is 0 Å². The van der Waals surface area contributed by atoms with E-state index in [2.05, 4.69) is 4.98 Å². The Balaban J connectivity index is 0.000000203. The first kappa shape index (κ1) is 16.7. The van der Waals surface area contributed by atoms with E-state index in [1.807, 2.05) is 6.07 Å². The molecule has 2 aromatic carbocycles. The Morgan fingerprint density at radius 3 is 2.17 bits per heavy atom. The lowest BCUT2D eigenvalue weighted by molar-refractivity contribution is 0.356. The standard InChI is InChI=1S/C11H10ClNO2.C6H7NO/c1-14-10-5-7-8(12)3-4-13-9(7)6-11(10)15-2;7-5-1-3-6(8)4-2-5/h3-6H,1-2H3;1-4,8H,7H2. The number of nitrogens with zero attached hydrogens (tertiary/aromatic N) is 1. The van der Waals surface area contributed by atoms with Gasteiger partial charge in [0.05, 0.1) is 24.8 Å². The fourth-order valence-electron chi connectivity index (χ4n) is 1.91. The molecular weight excluding hydrogens is 316 g/mol. The maximum absolute atomic E-state index is 8.70. The van der Waals surface area contributed by atoms with Crippen molar-refractivity contribution in [1.29, 1.82) is 0 Å². The first-order chi connectivity index (χ1) is 11.0. The molecule has 3 N–H and O–H groups in total. The SMILES string of the molecule is COc1cc2nccc(Cl)c2cc1OC.Nc1ccc(O)cc1. The lowest BCUT2D eigenvalue weighted by Gasteiger charge is -2.09. The lowest BCUT2D eigenvalue weighted by Crippen LogP contribution is -1.91. The van der Waals surface area contributed by atoms with Crippen LogP contribution in [0.2, 0.25) is 5.02 Å². The molecule has 0 fully saturated rings.